The molecule has 0 spiro atoms. The van der Waals surface area contributed by atoms with Crippen molar-refractivity contribution in [3.63, 3.8) is 0 Å². The van der Waals surface area contributed by atoms with Gasteiger partial charge in [0.2, 0.25) is 0 Å². The fourth-order valence-corrected chi connectivity index (χ4v) is 2.74. The van der Waals surface area contributed by atoms with Gasteiger partial charge >= 0.3 is 0 Å². The fraction of sp³-hybridized carbons (Fsp3) is 0.133. The van der Waals surface area contributed by atoms with Crippen molar-refractivity contribution in [1.82, 2.24) is 9.78 Å². The number of aromatic hydroxyl groups is 1. The van der Waals surface area contributed by atoms with E-state index in [0.717, 1.165) is 11.4 Å². The van der Waals surface area contributed by atoms with E-state index in [1.165, 1.54) is 6.07 Å². The number of phenols is 1. The summed E-state index contributed by atoms with van der Waals surface area (Å²) in [6.07, 6.45) is 0. The molecule has 0 atom stereocenters. The molecule has 1 aliphatic rings. The van der Waals surface area contributed by atoms with Crippen molar-refractivity contribution in [2.75, 3.05) is 0 Å². The van der Waals surface area contributed by atoms with Crippen molar-refractivity contribution in [3.8, 4) is 5.75 Å². The molecule has 0 radical (unpaired) electrons. The summed E-state index contributed by atoms with van der Waals surface area (Å²) in [6.45, 7) is 7.67. The van der Waals surface area contributed by atoms with Crippen LogP contribution in [0.15, 0.2) is 40.5 Å². The van der Waals surface area contributed by atoms with Crippen LogP contribution in [-0.4, -0.2) is 26.6 Å². The van der Waals surface area contributed by atoms with Crippen molar-refractivity contribution >= 4 is 34.9 Å². The lowest BCUT2D eigenvalue weighted by atomic mass is 10.1. The van der Waals surface area contributed by atoms with Crippen molar-refractivity contribution < 1.29 is 5.11 Å². The van der Waals surface area contributed by atoms with Crippen LogP contribution in [0.4, 0.5) is 0 Å². The van der Waals surface area contributed by atoms with E-state index >= 15 is 0 Å². The first kappa shape index (κ1) is 14.8. The number of aliphatic imine (C=N–C) groups is 2. The number of phenolic OH excluding ortho intramolecular Hbond substituents is 1. The van der Waals surface area contributed by atoms with Gasteiger partial charge in [0.25, 0.3) is 5.96 Å². The number of aryl methyl sites for hydroxylation is 2. The average Bonchev–Trinajstić information content (AvgIpc) is 2.96. The van der Waals surface area contributed by atoms with Crippen LogP contribution in [-0.2, 0) is 0 Å². The maximum atomic E-state index is 10.1. The number of benzene rings is 1. The van der Waals surface area contributed by atoms with Crippen molar-refractivity contribution in [2.24, 2.45) is 9.98 Å². The number of rotatable bonds is 1. The normalized spacial score (nSPS) is 14.3. The summed E-state index contributed by atoms with van der Waals surface area (Å²) in [7, 11) is 0. The van der Waals surface area contributed by atoms with Crippen LogP contribution in [0.1, 0.15) is 17.0 Å². The second-order valence-electron chi connectivity index (χ2n) is 4.94. The lowest BCUT2D eigenvalue weighted by Gasteiger charge is -2.06. The van der Waals surface area contributed by atoms with Crippen molar-refractivity contribution in [2.45, 2.75) is 13.8 Å². The summed E-state index contributed by atoms with van der Waals surface area (Å²) >= 11 is 11.9. The quantitative estimate of drug-likeness (QED) is 0.863. The molecular weight excluding hydrogens is 323 g/mol. The summed E-state index contributed by atoms with van der Waals surface area (Å²) in [5, 5.41) is 15.0. The third-order valence-electron chi connectivity index (χ3n) is 3.20. The Balaban J connectivity index is 2.10. The number of allylic oxidation sites excluding steroid dienone is 1. The van der Waals surface area contributed by atoms with E-state index < -0.39 is 0 Å². The SMILES string of the molecule is C=C1N=C(n2nc(C)cc2C)N=C1c1cc(Cl)cc(Cl)c1O. The monoisotopic (exact) mass is 334 g/mol. The molecule has 0 bridgehead atoms. The number of hydrogen-bond acceptors (Lipinski definition) is 4. The first-order valence-electron chi connectivity index (χ1n) is 6.45. The van der Waals surface area contributed by atoms with Crippen molar-refractivity contribution in [3.05, 3.63) is 57.5 Å². The second-order valence-corrected chi connectivity index (χ2v) is 5.79. The molecule has 1 aliphatic heterocycles. The smallest absolute Gasteiger partial charge is 0.252 e. The minimum atomic E-state index is -0.101. The third kappa shape index (κ3) is 2.42. The molecule has 112 valence electrons. The van der Waals surface area contributed by atoms with Gasteiger partial charge in [0.1, 0.15) is 11.5 Å². The molecule has 0 saturated carbocycles. The van der Waals surface area contributed by atoms with Gasteiger partial charge in [-0.25, -0.2) is 14.7 Å². The van der Waals surface area contributed by atoms with Crippen molar-refractivity contribution in [1.29, 1.82) is 0 Å². The van der Waals surface area contributed by atoms with Gasteiger partial charge in [0, 0.05) is 16.3 Å². The second kappa shape index (κ2) is 5.26. The van der Waals surface area contributed by atoms with E-state index in [2.05, 4.69) is 21.7 Å². The van der Waals surface area contributed by atoms with Gasteiger partial charge in [-0.3, -0.25) is 0 Å². The molecule has 2 heterocycles. The number of nitrogens with zero attached hydrogens (tertiary/aromatic N) is 4. The third-order valence-corrected chi connectivity index (χ3v) is 3.71. The standard InChI is InChI=1S/C15H12Cl2N4O/c1-7-4-8(2)21(20-7)15-18-9(3)13(19-15)11-5-10(16)6-12(17)14(11)22/h4-6,22H,3H2,1-2H3. The Hall–Kier alpha value is -2.11. The van der Waals surface area contributed by atoms with Crippen LogP contribution in [0.2, 0.25) is 10.0 Å². The van der Waals surface area contributed by atoms with E-state index in [1.807, 2.05) is 19.9 Å². The maximum Gasteiger partial charge on any atom is 0.252 e. The lowest BCUT2D eigenvalue weighted by Crippen LogP contribution is -2.11. The number of halogens is 2. The highest BCUT2D eigenvalue weighted by atomic mass is 35.5. The number of aromatic nitrogens is 2. The Morgan fingerprint density at radius 1 is 1.14 bits per heavy atom. The zero-order chi connectivity index (χ0) is 16.0. The molecule has 22 heavy (non-hydrogen) atoms. The van der Waals surface area contributed by atoms with E-state index in [9.17, 15) is 5.11 Å². The minimum Gasteiger partial charge on any atom is -0.506 e. The van der Waals surface area contributed by atoms with Gasteiger partial charge in [0.15, 0.2) is 0 Å². The van der Waals surface area contributed by atoms with Crippen LogP contribution < -0.4 is 0 Å². The Morgan fingerprint density at radius 3 is 2.50 bits per heavy atom. The average molecular weight is 335 g/mol. The summed E-state index contributed by atoms with van der Waals surface area (Å²) in [6, 6.07) is 4.96. The molecule has 0 saturated heterocycles. The van der Waals surface area contributed by atoms with Gasteiger partial charge in [-0.15, -0.1) is 0 Å². The summed E-state index contributed by atoms with van der Waals surface area (Å²) in [5.41, 5.74) is 2.99. The molecule has 5 nitrogen and oxygen atoms in total. The highest BCUT2D eigenvalue weighted by Crippen LogP contribution is 2.34. The molecule has 1 aromatic carbocycles. The fourth-order valence-electron chi connectivity index (χ4n) is 2.25. The number of hydrogen-bond donors (Lipinski definition) is 1. The predicted octanol–water partition coefficient (Wildman–Crippen LogP) is 3.73. The molecule has 7 heteroatoms. The molecule has 0 fully saturated rings. The van der Waals surface area contributed by atoms with E-state index in [0.29, 0.717) is 28.0 Å². The predicted molar refractivity (Wildman–Crippen MR) is 88.3 cm³/mol. The van der Waals surface area contributed by atoms with E-state index in [-0.39, 0.29) is 10.8 Å². The zero-order valence-electron chi connectivity index (χ0n) is 11.9. The Bertz CT molecular complexity index is 865. The van der Waals surface area contributed by atoms with Gasteiger partial charge in [-0.05, 0) is 32.0 Å². The molecule has 0 amide bonds. The first-order chi connectivity index (χ1) is 10.4. The highest BCUT2D eigenvalue weighted by Gasteiger charge is 2.23. The maximum absolute atomic E-state index is 10.1. The van der Waals surface area contributed by atoms with Gasteiger partial charge in [-0.2, -0.15) is 5.10 Å². The largest absolute Gasteiger partial charge is 0.506 e. The Labute approximate surface area is 137 Å². The van der Waals surface area contributed by atoms with Crippen LogP contribution >= 0.6 is 23.2 Å². The molecule has 0 unspecified atom stereocenters. The lowest BCUT2D eigenvalue weighted by molar-refractivity contribution is 0.474. The molecular formula is C15H12Cl2N4O. The van der Waals surface area contributed by atoms with Crippen LogP contribution in [0.5, 0.6) is 5.75 Å². The van der Waals surface area contributed by atoms with Crippen LogP contribution in [0, 0.1) is 13.8 Å². The van der Waals surface area contributed by atoms with Gasteiger partial charge < -0.3 is 5.11 Å². The van der Waals surface area contributed by atoms with E-state index in [1.54, 1.807) is 10.7 Å². The molecule has 3 rings (SSSR count). The Morgan fingerprint density at radius 2 is 1.86 bits per heavy atom. The van der Waals surface area contributed by atoms with Crippen LogP contribution in [0.25, 0.3) is 0 Å². The molecule has 1 aromatic heterocycles. The summed E-state index contributed by atoms with van der Waals surface area (Å²) < 4.78 is 1.62. The first-order valence-corrected chi connectivity index (χ1v) is 7.21. The summed E-state index contributed by atoms with van der Waals surface area (Å²) in [5.74, 6) is 0.289. The zero-order valence-corrected chi connectivity index (χ0v) is 13.4. The van der Waals surface area contributed by atoms with Gasteiger partial charge in [-0.1, -0.05) is 29.8 Å². The Kier molecular flexibility index (Phi) is 3.54. The molecule has 1 N–H and O–H groups in total. The van der Waals surface area contributed by atoms with E-state index in [4.69, 9.17) is 23.2 Å². The van der Waals surface area contributed by atoms with Gasteiger partial charge in [0.05, 0.1) is 16.4 Å². The minimum absolute atomic E-state index is 0.101. The van der Waals surface area contributed by atoms with Crippen LogP contribution in [0.3, 0.4) is 0 Å². The molecule has 0 aliphatic carbocycles. The molecule has 2 aromatic rings. The topological polar surface area (TPSA) is 62.8 Å². The highest BCUT2D eigenvalue weighted by molar-refractivity contribution is 6.37. The summed E-state index contributed by atoms with van der Waals surface area (Å²) in [4.78, 5) is 8.73.